The van der Waals surface area contributed by atoms with E-state index >= 15 is 0 Å². The number of hydrogen-bond acceptors (Lipinski definition) is 3. The highest BCUT2D eigenvalue weighted by atomic mass is 16.5. The quantitative estimate of drug-likeness (QED) is 0.475. The molecule has 0 amide bonds. The smallest absolute Gasteiger partial charge is 0.191 e. The standard InChI is InChI=1S/C18H30N4O/c1-18(2,14-21-17(19-3)20-10-12-23-4)22-11-9-15-7-5-6-8-16(15)13-22/h5-8H,9-14H2,1-4H3,(H2,19,20,21). The van der Waals surface area contributed by atoms with Crippen LogP contribution in [0.5, 0.6) is 0 Å². The van der Waals surface area contributed by atoms with Gasteiger partial charge < -0.3 is 15.4 Å². The molecule has 0 aliphatic carbocycles. The third-order valence-electron chi connectivity index (χ3n) is 4.50. The molecule has 1 aromatic rings. The molecule has 0 fully saturated rings. The topological polar surface area (TPSA) is 48.9 Å². The Labute approximate surface area is 140 Å². The molecule has 128 valence electrons. The third kappa shape index (κ3) is 4.94. The summed E-state index contributed by atoms with van der Waals surface area (Å²) in [5.74, 6) is 0.826. The zero-order valence-corrected chi connectivity index (χ0v) is 14.9. The number of ether oxygens (including phenoxy) is 1. The first-order chi connectivity index (χ1) is 11.1. The highest BCUT2D eigenvalue weighted by Gasteiger charge is 2.29. The summed E-state index contributed by atoms with van der Waals surface area (Å²) in [4.78, 5) is 6.81. The van der Waals surface area contributed by atoms with Crippen LogP contribution in [-0.4, -0.2) is 56.8 Å². The molecule has 2 N–H and O–H groups in total. The summed E-state index contributed by atoms with van der Waals surface area (Å²) in [7, 11) is 3.50. The van der Waals surface area contributed by atoms with Crippen LogP contribution in [0.15, 0.2) is 29.3 Å². The van der Waals surface area contributed by atoms with E-state index in [1.807, 2.05) is 0 Å². The molecule has 1 aromatic carbocycles. The van der Waals surface area contributed by atoms with Gasteiger partial charge in [0.2, 0.25) is 0 Å². The molecule has 0 saturated carbocycles. The van der Waals surface area contributed by atoms with Gasteiger partial charge in [0.25, 0.3) is 0 Å². The number of guanidine groups is 1. The molecule has 23 heavy (non-hydrogen) atoms. The lowest BCUT2D eigenvalue weighted by Gasteiger charge is -2.42. The predicted octanol–water partition coefficient (Wildman–Crippen LogP) is 1.63. The summed E-state index contributed by atoms with van der Waals surface area (Å²) in [5, 5.41) is 6.69. The molecule has 5 heteroatoms. The average molecular weight is 318 g/mol. The molecule has 1 heterocycles. The first kappa shape index (κ1) is 17.8. The molecule has 0 unspecified atom stereocenters. The van der Waals surface area contributed by atoms with Crippen molar-refractivity contribution in [1.29, 1.82) is 0 Å². The van der Waals surface area contributed by atoms with Crippen LogP contribution in [0.25, 0.3) is 0 Å². The maximum Gasteiger partial charge on any atom is 0.191 e. The van der Waals surface area contributed by atoms with Crippen LogP contribution in [0.3, 0.4) is 0 Å². The second-order valence-electron chi connectivity index (χ2n) is 6.60. The fourth-order valence-electron chi connectivity index (χ4n) is 2.92. The van der Waals surface area contributed by atoms with Crippen molar-refractivity contribution < 1.29 is 4.74 Å². The molecule has 1 aliphatic heterocycles. The van der Waals surface area contributed by atoms with Crippen LogP contribution >= 0.6 is 0 Å². The molecule has 0 spiro atoms. The van der Waals surface area contributed by atoms with Gasteiger partial charge in [-0.1, -0.05) is 24.3 Å². The Morgan fingerprint density at radius 2 is 2.00 bits per heavy atom. The SMILES string of the molecule is CN=C(NCCOC)NCC(C)(C)N1CCc2ccccc2C1. The number of hydrogen-bond donors (Lipinski definition) is 2. The Hall–Kier alpha value is -1.59. The average Bonchev–Trinajstić information content (AvgIpc) is 2.57. The van der Waals surface area contributed by atoms with Crippen molar-refractivity contribution in [1.82, 2.24) is 15.5 Å². The summed E-state index contributed by atoms with van der Waals surface area (Å²) in [6.45, 7) is 8.97. The number of fused-ring (bicyclic) bond motifs is 1. The van der Waals surface area contributed by atoms with E-state index in [-0.39, 0.29) is 5.54 Å². The van der Waals surface area contributed by atoms with Gasteiger partial charge in [-0.25, -0.2) is 0 Å². The number of nitrogens with one attached hydrogen (secondary N) is 2. The van der Waals surface area contributed by atoms with Gasteiger partial charge in [-0.3, -0.25) is 9.89 Å². The number of methoxy groups -OCH3 is 1. The second-order valence-corrected chi connectivity index (χ2v) is 6.60. The Bertz CT molecular complexity index is 528. The molecule has 5 nitrogen and oxygen atoms in total. The molecule has 0 bridgehead atoms. The second kappa shape index (κ2) is 8.31. The van der Waals surface area contributed by atoms with Crippen LogP contribution in [0.2, 0.25) is 0 Å². The minimum Gasteiger partial charge on any atom is -0.383 e. The number of benzene rings is 1. The fraction of sp³-hybridized carbons (Fsp3) is 0.611. The van der Waals surface area contributed by atoms with E-state index < -0.39 is 0 Å². The summed E-state index contributed by atoms with van der Waals surface area (Å²) >= 11 is 0. The van der Waals surface area contributed by atoms with E-state index in [0.717, 1.165) is 38.6 Å². The van der Waals surface area contributed by atoms with Crippen LogP contribution < -0.4 is 10.6 Å². The van der Waals surface area contributed by atoms with Crippen LogP contribution in [0.1, 0.15) is 25.0 Å². The zero-order valence-electron chi connectivity index (χ0n) is 14.9. The van der Waals surface area contributed by atoms with Gasteiger partial charge in [0.1, 0.15) is 0 Å². The van der Waals surface area contributed by atoms with Crippen LogP contribution in [-0.2, 0) is 17.7 Å². The van der Waals surface area contributed by atoms with E-state index in [1.165, 1.54) is 11.1 Å². The van der Waals surface area contributed by atoms with Crippen molar-refractivity contribution in [2.24, 2.45) is 4.99 Å². The molecular formula is C18H30N4O. The summed E-state index contributed by atoms with van der Waals surface area (Å²) in [5.41, 5.74) is 3.01. The maximum absolute atomic E-state index is 5.06. The molecule has 0 atom stereocenters. The summed E-state index contributed by atoms with van der Waals surface area (Å²) in [6, 6.07) is 8.77. The van der Waals surface area contributed by atoms with Gasteiger partial charge in [-0.2, -0.15) is 0 Å². The van der Waals surface area contributed by atoms with Crippen molar-refractivity contribution in [3.8, 4) is 0 Å². The van der Waals surface area contributed by atoms with Gasteiger partial charge in [0.15, 0.2) is 5.96 Å². The van der Waals surface area contributed by atoms with Gasteiger partial charge in [0.05, 0.1) is 6.61 Å². The van der Waals surface area contributed by atoms with Crippen molar-refractivity contribution in [2.45, 2.75) is 32.4 Å². The number of nitrogens with zero attached hydrogens (tertiary/aromatic N) is 2. The lowest BCUT2D eigenvalue weighted by Crippen LogP contribution is -2.54. The minimum absolute atomic E-state index is 0.0619. The van der Waals surface area contributed by atoms with Crippen molar-refractivity contribution in [3.05, 3.63) is 35.4 Å². The molecule has 0 aromatic heterocycles. The van der Waals surface area contributed by atoms with Gasteiger partial charge >= 0.3 is 0 Å². The zero-order chi connectivity index (χ0) is 16.7. The monoisotopic (exact) mass is 318 g/mol. The van der Waals surface area contributed by atoms with Crippen LogP contribution in [0.4, 0.5) is 0 Å². The number of rotatable bonds is 6. The Morgan fingerprint density at radius 1 is 1.26 bits per heavy atom. The van der Waals surface area contributed by atoms with Gasteiger partial charge in [0, 0.05) is 45.9 Å². The van der Waals surface area contributed by atoms with Gasteiger partial charge in [-0.15, -0.1) is 0 Å². The first-order valence-electron chi connectivity index (χ1n) is 8.32. The van der Waals surface area contributed by atoms with Crippen molar-refractivity contribution in [2.75, 3.05) is 40.4 Å². The van der Waals surface area contributed by atoms with E-state index in [9.17, 15) is 0 Å². The first-order valence-corrected chi connectivity index (χ1v) is 8.32. The van der Waals surface area contributed by atoms with Crippen molar-refractivity contribution in [3.63, 3.8) is 0 Å². The van der Waals surface area contributed by atoms with Crippen LogP contribution in [0, 0.1) is 0 Å². The summed E-state index contributed by atoms with van der Waals surface area (Å²) < 4.78 is 5.06. The highest BCUT2D eigenvalue weighted by molar-refractivity contribution is 5.79. The molecule has 0 radical (unpaired) electrons. The molecule has 0 saturated heterocycles. The Morgan fingerprint density at radius 3 is 2.70 bits per heavy atom. The lowest BCUT2D eigenvalue weighted by molar-refractivity contribution is 0.107. The largest absolute Gasteiger partial charge is 0.383 e. The maximum atomic E-state index is 5.06. The fourth-order valence-corrected chi connectivity index (χ4v) is 2.92. The Balaban J connectivity index is 1.89. The molecular weight excluding hydrogens is 288 g/mol. The summed E-state index contributed by atoms with van der Waals surface area (Å²) in [6.07, 6.45) is 1.13. The van der Waals surface area contributed by atoms with E-state index in [1.54, 1.807) is 14.2 Å². The number of aliphatic imine (C=N–C) groups is 1. The minimum atomic E-state index is 0.0619. The highest BCUT2D eigenvalue weighted by Crippen LogP contribution is 2.24. The van der Waals surface area contributed by atoms with Crippen molar-refractivity contribution >= 4 is 5.96 Å². The Kier molecular flexibility index (Phi) is 6.42. The van der Waals surface area contributed by atoms with E-state index in [0.29, 0.717) is 6.61 Å². The third-order valence-corrected chi connectivity index (χ3v) is 4.50. The van der Waals surface area contributed by atoms with E-state index in [2.05, 4.69) is 58.6 Å². The van der Waals surface area contributed by atoms with E-state index in [4.69, 9.17) is 4.74 Å². The lowest BCUT2D eigenvalue weighted by atomic mass is 9.94. The molecule has 2 rings (SSSR count). The predicted molar refractivity (Wildman–Crippen MR) is 95.9 cm³/mol. The van der Waals surface area contributed by atoms with Gasteiger partial charge in [-0.05, 0) is 31.4 Å². The normalized spacial score (nSPS) is 16.1. The molecule has 1 aliphatic rings.